The second kappa shape index (κ2) is 6.23. The summed E-state index contributed by atoms with van der Waals surface area (Å²) >= 11 is 0. The van der Waals surface area contributed by atoms with Gasteiger partial charge in [-0.1, -0.05) is 30.3 Å². The molecule has 2 aromatic rings. The van der Waals surface area contributed by atoms with E-state index in [4.69, 9.17) is 9.47 Å². The molecule has 0 bridgehead atoms. The molecule has 6 heteroatoms. The first-order valence-corrected chi connectivity index (χ1v) is 7.49. The molecule has 1 aliphatic heterocycles. The molecule has 2 amide bonds. The average molecular weight is 326 g/mol. The lowest BCUT2D eigenvalue weighted by Gasteiger charge is -2.29. The van der Waals surface area contributed by atoms with Crippen molar-refractivity contribution in [1.82, 2.24) is 10.6 Å². The SMILES string of the molecule is COC(=O)C1=C(C)NC(=O)NC1c1c(OC)ccc2ccccc12. The van der Waals surface area contributed by atoms with Crippen LogP contribution in [-0.4, -0.2) is 26.2 Å². The Kier molecular flexibility index (Phi) is 4.12. The molecule has 0 radical (unpaired) electrons. The maximum absolute atomic E-state index is 12.3. The fourth-order valence-electron chi connectivity index (χ4n) is 3.04. The minimum absolute atomic E-state index is 0.353. The Labute approximate surface area is 139 Å². The van der Waals surface area contributed by atoms with Gasteiger partial charge in [-0.05, 0) is 23.8 Å². The van der Waals surface area contributed by atoms with Gasteiger partial charge in [-0.25, -0.2) is 9.59 Å². The lowest BCUT2D eigenvalue weighted by molar-refractivity contribution is -0.136. The predicted molar refractivity (Wildman–Crippen MR) is 89.6 cm³/mol. The maximum atomic E-state index is 12.3. The highest BCUT2D eigenvalue weighted by Gasteiger charge is 2.34. The largest absolute Gasteiger partial charge is 0.496 e. The maximum Gasteiger partial charge on any atom is 0.337 e. The van der Waals surface area contributed by atoms with Gasteiger partial charge >= 0.3 is 12.0 Å². The number of fused-ring (bicyclic) bond motifs is 1. The van der Waals surface area contributed by atoms with E-state index in [0.717, 1.165) is 16.3 Å². The number of hydrogen-bond donors (Lipinski definition) is 2. The molecule has 1 unspecified atom stereocenters. The van der Waals surface area contributed by atoms with Gasteiger partial charge in [0.1, 0.15) is 5.75 Å². The van der Waals surface area contributed by atoms with Crippen LogP contribution in [0.25, 0.3) is 10.8 Å². The van der Waals surface area contributed by atoms with Crippen molar-refractivity contribution in [1.29, 1.82) is 0 Å². The quantitative estimate of drug-likeness (QED) is 0.850. The Morgan fingerprint density at radius 2 is 1.88 bits per heavy atom. The molecule has 0 saturated heterocycles. The summed E-state index contributed by atoms with van der Waals surface area (Å²) in [6.45, 7) is 1.68. The normalized spacial score (nSPS) is 17.3. The van der Waals surface area contributed by atoms with Crippen LogP contribution in [0.5, 0.6) is 5.75 Å². The minimum atomic E-state index is -0.660. The first-order valence-electron chi connectivity index (χ1n) is 7.49. The molecule has 2 N–H and O–H groups in total. The number of amides is 2. The number of nitrogens with one attached hydrogen (secondary N) is 2. The molecule has 0 fully saturated rings. The van der Waals surface area contributed by atoms with E-state index in [0.29, 0.717) is 17.0 Å². The average Bonchev–Trinajstić information content (AvgIpc) is 2.59. The van der Waals surface area contributed by atoms with Crippen molar-refractivity contribution in [2.45, 2.75) is 13.0 Å². The molecule has 0 aliphatic carbocycles. The van der Waals surface area contributed by atoms with Gasteiger partial charge in [-0.15, -0.1) is 0 Å². The number of allylic oxidation sites excluding steroid dienone is 1. The third-order valence-corrected chi connectivity index (χ3v) is 4.11. The highest BCUT2D eigenvalue weighted by molar-refractivity contribution is 5.98. The first kappa shape index (κ1) is 15.9. The van der Waals surface area contributed by atoms with Crippen LogP contribution in [0.4, 0.5) is 4.79 Å². The van der Waals surface area contributed by atoms with Gasteiger partial charge in [-0.3, -0.25) is 0 Å². The Balaban J connectivity index is 2.29. The summed E-state index contributed by atoms with van der Waals surface area (Å²) in [5.41, 5.74) is 1.54. The molecule has 1 aliphatic rings. The Hall–Kier alpha value is -3.02. The summed E-state index contributed by atoms with van der Waals surface area (Å²) in [5.74, 6) is 0.0927. The lowest BCUT2D eigenvalue weighted by atomic mass is 9.90. The van der Waals surface area contributed by atoms with E-state index in [9.17, 15) is 9.59 Å². The second-order valence-corrected chi connectivity index (χ2v) is 5.46. The van der Waals surface area contributed by atoms with Crippen molar-refractivity contribution >= 4 is 22.8 Å². The zero-order chi connectivity index (χ0) is 17.3. The summed E-state index contributed by atoms with van der Waals surface area (Å²) < 4.78 is 10.4. The van der Waals surface area contributed by atoms with Crippen molar-refractivity contribution in [3.8, 4) is 5.75 Å². The van der Waals surface area contributed by atoms with Gasteiger partial charge in [0.2, 0.25) is 0 Å². The van der Waals surface area contributed by atoms with Gasteiger partial charge in [-0.2, -0.15) is 0 Å². The Bertz CT molecular complexity index is 857. The van der Waals surface area contributed by atoms with Crippen molar-refractivity contribution in [3.63, 3.8) is 0 Å². The minimum Gasteiger partial charge on any atom is -0.496 e. The summed E-state index contributed by atoms with van der Waals surface area (Å²) in [6.07, 6.45) is 0. The van der Waals surface area contributed by atoms with Gasteiger partial charge in [0.25, 0.3) is 0 Å². The number of benzene rings is 2. The van der Waals surface area contributed by atoms with Crippen LogP contribution >= 0.6 is 0 Å². The fraction of sp³-hybridized carbons (Fsp3) is 0.222. The number of ether oxygens (including phenoxy) is 2. The van der Waals surface area contributed by atoms with Crippen molar-refractivity contribution in [2.75, 3.05) is 14.2 Å². The van der Waals surface area contributed by atoms with Crippen molar-refractivity contribution in [2.24, 2.45) is 0 Å². The molecule has 3 rings (SSSR count). The molecule has 124 valence electrons. The number of esters is 1. The van der Waals surface area contributed by atoms with Crippen LogP contribution in [0.2, 0.25) is 0 Å². The Morgan fingerprint density at radius 1 is 1.12 bits per heavy atom. The molecule has 24 heavy (non-hydrogen) atoms. The number of carbonyl (C=O) groups is 2. The molecule has 1 heterocycles. The van der Waals surface area contributed by atoms with E-state index < -0.39 is 12.0 Å². The number of urea groups is 1. The van der Waals surface area contributed by atoms with Gasteiger partial charge in [0.15, 0.2) is 0 Å². The number of hydrogen-bond acceptors (Lipinski definition) is 4. The first-order chi connectivity index (χ1) is 11.6. The zero-order valence-corrected chi connectivity index (χ0v) is 13.7. The van der Waals surface area contributed by atoms with E-state index in [1.54, 1.807) is 14.0 Å². The number of methoxy groups -OCH3 is 2. The predicted octanol–water partition coefficient (Wildman–Crippen LogP) is 2.65. The Morgan fingerprint density at radius 3 is 2.58 bits per heavy atom. The monoisotopic (exact) mass is 326 g/mol. The number of carbonyl (C=O) groups excluding carboxylic acids is 2. The highest BCUT2D eigenvalue weighted by Crippen LogP contribution is 2.38. The van der Waals surface area contributed by atoms with Crippen molar-refractivity contribution < 1.29 is 19.1 Å². The highest BCUT2D eigenvalue weighted by atomic mass is 16.5. The summed E-state index contributed by atoms with van der Waals surface area (Å²) in [6, 6.07) is 10.5. The third-order valence-electron chi connectivity index (χ3n) is 4.11. The van der Waals surface area contributed by atoms with Crippen LogP contribution in [0.3, 0.4) is 0 Å². The molecule has 0 spiro atoms. The fourth-order valence-corrected chi connectivity index (χ4v) is 3.04. The summed E-state index contributed by atoms with van der Waals surface area (Å²) in [5, 5.41) is 7.31. The van der Waals surface area contributed by atoms with Crippen LogP contribution in [0, 0.1) is 0 Å². The van der Waals surface area contributed by atoms with Crippen LogP contribution in [-0.2, 0) is 9.53 Å². The third kappa shape index (κ3) is 2.56. The zero-order valence-electron chi connectivity index (χ0n) is 13.7. The van der Waals surface area contributed by atoms with E-state index in [2.05, 4.69) is 10.6 Å². The number of rotatable bonds is 3. The van der Waals surface area contributed by atoms with Crippen LogP contribution in [0.15, 0.2) is 47.7 Å². The van der Waals surface area contributed by atoms with Crippen molar-refractivity contribution in [3.05, 3.63) is 53.2 Å². The molecular weight excluding hydrogens is 308 g/mol. The van der Waals surface area contributed by atoms with Gasteiger partial charge in [0.05, 0.1) is 25.8 Å². The summed E-state index contributed by atoms with van der Waals surface area (Å²) in [4.78, 5) is 24.3. The molecule has 0 aromatic heterocycles. The molecule has 2 aromatic carbocycles. The topological polar surface area (TPSA) is 76.7 Å². The van der Waals surface area contributed by atoms with E-state index in [1.807, 2.05) is 36.4 Å². The molecule has 0 saturated carbocycles. The molecular formula is C18H18N2O4. The van der Waals surface area contributed by atoms with Crippen LogP contribution in [0.1, 0.15) is 18.5 Å². The smallest absolute Gasteiger partial charge is 0.337 e. The molecule has 6 nitrogen and oxygen atoms in total. The van der Waals surface area contributed by atoms with E-state index in [1.165, 1.54) is 7.11 Å². The van der Waals surface area contributed by atoms with Gasteiger partial charge in [0, 0.05) is 11.3 Å². The molecule has 1 atom stereocenters. The standard InChI is InChI=1S/C18H18N2O4/c1-10-14(17(21)24-3)16(20-18(22)19-10)15-12-7-5-4-6-11(12)8-9-13(15)23-2/h4-9,16H,1-3H3,(H2,19,20,22). The second-order valence-electron chi connectivity index (χ2n) is 5.46. The van der Waals surface area contributed by atoms with E-state index >= 15 is 0 Å². The van der Waals surface area contributed by atoms with E-state index in [-0.39, 0.29) is 6.03 Å². The van der Waals surface area contributed by atoms with Gasteiger partial charge < -0.3 is 20.1 Å². The summed E-state index contributed by atoms with van der Waals surface area (Å²) in [7, 11) is 2.88. The lowest BCUT2D eigenvalue weighted by Crippen LogP contribution is -2.45. The van der Waals surface area contributed by atoms with Crippen LogP contribution < -0.4 is 15.4 Å².